The number of benzene rings is 1. The summed E-state index contributed by atoms with van der Waals surface area (Å²) in [6, 6.07) is 10.8. The minimum Gasteiger partial charge on any atom is -0.445 e. The molecule has 0 bridgehead atoms. The van der Waals surface area contributed by atoms with Gasteiger partial charge in [-0.3, -0.25) is 9.59 Å². The molecule has 144 valence electrons. The summed E-state index contributed by atoms with van der Waals surface area (Å²) in [4.78, 5) is 32.8. The summed E-state index contributed by atoms with van der Waals surface area (Å²) in [7, 11) is 0. The van der Waals surface area contributed by atoms with Crippen molar-refractivity contribution in [1.82, 2.24) is 14.9 Å². The molecule has 0 aliphatic carbocycles. The first-order valence-corrected chi connectivity index (χ1v) is 9.26. The Hall–Kier alpha value is -3.22. The molecule has 0 saturated carbocycles. The van der Waals surface area contributed by atoms with Crippen LogP contribution in [0.5, 0.6) is 0 Å². The van der Waals surface area contributed by atoms with Crippen LogP contribution in [-0.4, -0.2) is 33.9 Å². The second-order valence-electron chi connectivity index (χ2n) is 6.99. The highest BCUT2D eigenvalue weighted by molar-refractivity contribution is 5.92. The fourth-order valence-electron chi connectivity index (χ4n) is 3.50. The summed E-state index contributed by atoms with van der Waals surface area (Å²) in [5.74, 6) is 0.859. The number of piperidine rings is 1. The molecule has 1 fully saturated rings. The number of nitrogens with zero attached hydrogens (tertiary/aromatic N) is 2. The average molecular weight is 381 g/mol. The Bertz CT molecular complexity index is 1030. The molecular weight excluding hydrogens is 361 g/mol. The van der Waals surface area contributed by atoms with Crippen LogP contribution in [0, 0.1) is 5.82 Å². The SMILES string of the molecule is O=C(c1cccc(=O)[nH]1)N1CCCC(c2ncc(Cc3ccc(F)cc3)o2)C1. The highest BCUT2D eigenvalue weighted by atomic mass is 19.1. The normalized spacial score (nSPS) is 16.9. The highest BCUT2D eigenvalue weighted by Crippen LogP contribution is 2.28. The lowest BCUT2D eigenvalue weighted by atomic mass is 9.97. The number of nitrogens with one attached hydrogen (secondary N) is 1. The van der Waals surface area contributed by atoms with Crippen molar-refractivity contribution in [3.63, 3.8) is 0 Å². The summed E-state index contributed by atoms with van der Waals surface area (Å²) in [5.41, 5.74) is 0.938. The van der Waals surface area contributed by atoms with Crippen molar-refractivity contribution >= 4 is 5.91 Å². The number of carbonyl (C=O) groups is 1. The molecule has 3 aromatic rings. The molecular formula is C21H20FN3O3. The maximum atomic E-state index is 13.0. The monoisotopic (exact) mass is 381 g/mol. The number of likely N-dealkylation sites (tertiary alicyclic amines) is 1. The van der Waals surface area contributed by atoms with Gasteiger partial charge in [0, 0.05) is 25.6 Å². The first kappa shape index (κ1) is 18.2. The molecule has 7 heteroatoms. The molecule has 1 unspecified atom stereocenters. The number of H-pyrrole nitrogens is 1. The van der Waals surface area contributed by atoms with Gasteiger partial charge in [0.25, 0.3) is 5.91 Å². The van der Waals surface area contributed by atoms with Gasteiger partial charge in [-0.2, -0.15) is 0 Å². The van der Waals surface area contributed by atoms with Crippen LogP contribution < -0.4 is 5.56 Å². The van der Waals surface area contributed by atoms with E-state index in [1.807, 2.05) is 0 Å². The molecule has 1 amide bonds. The molecule has 0 radical (unpaired) electrons. The van der Waals surface area contributed by atoms with Gasteiger partial charge in [-0.15, -0.1) is 0 Å². The lowest BCUT2D eigenvalue weighted by Crippen LogP contribution is -2.40. The number of hydrogen-bond acceptors (Lipinski definition) is 4. The Labute approximate surface area is 161 Å². The number of hydrogen-bond donors (Lipinski definition) is 1. The van der Waals surface area contributed by atoms with Gasteiger partial charge in [0.2, 0.25) is 5.56 Å². The van der Waals surface area contributed by atoms with E-state index in [9.17, 15) is 14.0 Å². The lowest BCUT2D eigenvalue weighted by molar-refractivity contribution is 0.0691. The molecule has 3 heterocycles. The van der Waals surface area contributed by atoms with E-state index in [1.54, 1.807) is 35.4 Å². The Morgan fingerprint density at radius 2 is 2.07 bits per heavy atom. The van der Waals surface area contributed by atoms with Crippen LogP contribution >= 0.6 is 0 Å². The minimum absolute atomic E-state index is 0.00935. The first-order chi connectivity index (χ1) is 13.6. The number of carbonyl (C=O) groups excluding carboxylic acids is 1. The van der Waals surface area contributed by atoms with Crippen LogP contribution in [0.25, 0.3) is 0 Å². The number of oxazole rings is 1. The summed E-state index contributed by atoms with van der Waals surface area (Å²) >= 11 is 0. The molecule has 1 atom stereocenters. The topological polar surface area (TPSA) is 79.2 Å². The highest BCUT2D eigenvalue weighted by Gasteiger charge is 2.28. The lowest BCUT2D eigenvalue weighted by Gasteiger charge is -2.31. The van der Waals surface area contributed by atoms with Gasteiger partial charge in [0.1, 0.15) is 17.3 Å². The number of aromatic nitrogens is 2. The number of amides is 1. The predicted molar refractivity (Wildman–Crippen MR) is 101 cm³/mol. The number of rotatable bonds is 4. The van der Waals surface area contributed by atoms with Gasteiger partial charge in [-0.25, -0.2) is 9.37 Å². The average Bonchev–Trinajstić information content (AvgIpc) is 3.18. The second kappa shape index (κ2) is 7.80. The fraction of sp³-hybridized carbons (Fsp3) is 0.286. The summed E-state index contributed by atoms with van der Waals surface area (Å²) in [6.07, 6.45) is 3.94. The van der Waals surface area contributed by atoms with E-state index >= 15 is 0 Å². The van der Waals surface area contributed by atoms with Crippen LogP contribution in [-0.2, 0) is 6.42 Å². The fourth-order valence-corrected chi connectivity index (χ4v) is 3.50. The predicted octanol–water partition coefficient (Wildman–Crippen LogP) is 3.11. The third kappa shape index (κ3) is 4.03. The minimum atomic E-state index is -0.294. The molecule has 0 spiro atoms. The zero-order valence-corrected chi connectivity index (χ0v) is 15.2. The second-order valence-corrected chi connectivity index (χ2v) is 6.99. The molecule has 1 saturated heterocycles. The van der Waals surface area contributed by atoms with Crippen LogP contribution in [0.3, 0.4) is 0 Å². The third-order valence-electron chi connectivity index (χ3n) is 4.92. The van der Waals surface area contributed by atoms with Crippen LogP contribution in [0.15, 0.2) is 57.9 Å². The van der Waals surface area contributed by atoms with Crippen molar-refractivity contribution in [3.8, 4) is 0 Å². The smallest absolute Gasteiger partial charge is 0.270 e. The van der Waals surface area contributed by atoms with Gasteiger partial charge in [0.05, 0.1) is 12.1 Å². The number of aromatic amines is 1. The number of halogens is 1. The summed E-state index contributed by atoms with van der Waals surface area (Å²) in [5, 5.41) is 0. The zero-order chi connectivity index (χ0) is 19.5. The van der Waals surface area contributed by atoms with Crippen molar-refractivity contribution in [3.05, 3.63) is 87.7 Å². The molecule has 4 rings (SSSR count). The Morgan fingerprint density at radius 1 is 1.25 bits per heavy atom. The maximum absolute atomic E-state index is 13.0. The van der Waals surface area contributed by atoms with E-state index in [4.69, 9.17) is 4.42 Å². The Morgan fingerprint density at radius 3 is 2.86 bits per heavy atom. The number of pyridine rings is 1. The van der Waals surface area contributed by atoms with Gasteiger partial charge in [-0.05, 0) is 36.6 Å². The van der Waals surface area contributed by atoms with Gasteiger partial charge in [-0.1, -0.05) is 18.2 Å². The summed E-state index contributed by atoms with van der Waals surface area (Å²) in [6.45, 7) is 1.13. The largest absolute Gasteiger partial charge is 0.445 e. The van der Waals surface area contributed by atoms with E-state index in [0.717, 1.165) is 18.4 Å². The van der Waals surface area contributed by atoms with Crippen LogP contribution in [0.2, 0.25) is 0 Å². The third-order valence-corrected chi connectivity index (χ3v) is 4.92. The molecule has 1 aromatic carbocycles. The first-order valence-electron chi connectivity index (χ1n) is 9.26. The Kier molecular flexibility index (Phi) is 5.06. The maximum Gasteiger partial charge on any atom is 0.270 e. The standard InChI is InChI=1S/C21H20FN3O3/c22-16-8-6-14(7-9-16)11-17-12-23-20(28-17)15-3-2-10-25(13-15)21(27)18-4-1-5-19(26)24-18/h1,4-9,12,15H,2-3,10-11,13H2,(H,24,26). The van der Waals surface area contributed by atoms with E-state index < -0.39 is 0 Å². The molecule has 2 aromatic heterocycles. The Balaban J connectivity index is 1.44. The van der Waals surface area contributed by atoms with Crippen LogP contribution in [0.1, 0.15) is 46.5 Å². The molecule has 28 heavy (non-hydrogen) atoms. The van der Waals surface area contributed by atoms with Crippen molar-refractivity contribution in [1.29, 1.82) is 0 Å². The van der Waals surface area contributed by atoms with Crippen LogP contribution in [0.4, 0.5) is 4.39 Å². The summed E-state index contributed by atoms with van der Waals surface area (Å²) < 4.78 is 18.9. The molecule has 1 N–H and O–H groups in total. The van der Waals surface area contributed by atoms with E-state index in [2.05, 4.69) is 9.97 Å². The van der Waals surface area contributed by atoms with Crippen molar-refractivity contribution < 1.29 is 13.6 Å². The molecule has 1 aliphatic rings. The zero-order valence-electron chi connectivity index (χ0n) is 15.2. The van der Waals surface area contributed by atoms with E-state index in [0.29, 0.717) is 31.2 Å². The van der Waals surface area contributed by atoms with Crippen molar-refractivity contribution in [2.45, 2.75) is 25.2 Å². The van der Waals surface area contributed by atoms with Gasteiger partial charge < -0.3 is 14.3 Å². The quantitative estimate of drug-likeness (QED) is 0.753. The van der Waals surface area contributed by atoms with Gasteiger partial charge in [0.15, 0.2) is 5.89 Å². The van der Waals surface area contributed by atoms with Crippen molar-refractivity contribution in [2.24, 2.45) is 0 Å². The van der Waals surface area contributed by atoms with E-state index in [-0.39, 0.29) is 28.9 Å². The molecule has 6 nitrogen and oxygen atoms in total. The van der Waals surface area contributed by atoms with Gasteiger partial charge >= 0.3 is 0 Å². The van der Waals surface area contributed by atoms with E-state index in [1.165, 1.54) is 18.2 Å². The van der Waals surface area contributed by atoms with Crippen molar-refractivity contribution in [2.75, 3.05) is 13.1 Å². The molecule has 1 aliphatic heterocycles.